The first kappa shape index (κ1) is 67.5. The topological polar surface area (TPSA) is 138 Å². The summed E-state index contributed by atoms with van der Waals surface area (Å²) in [5.74, 6) is 0.481. The lowest BCUT2D eigenvalue weighted by atomic mass is 10.1. The van der Waals surface area contributed by atoms with Crippen molar-refractivity contribution in [2.45, 2.75) is 259 Å². The molecule has 0 aromatic rings. The predicted molar refractivity (Wildman–Crippen MR) is 278 cm³/mol. The Bertz CT molecular complexity index is 1140. The first-order valence-electron chi connectivity index (χ1n) is 27.0. The molecule has 2 unspecified atom stereocenters. The molecule has 0 heterocycles. The van der Waals surface area contributed by atoms with Crippen LogP contribution in [-0.2, 0) is 20.0 Å². The summed E-state index contributed by atoms with van der Waals surface area (Å²) in [5, 5.41) is 6.20. The molecule has 10 nitrogen and oxygen atoms in total. The van der Waals surface area contributed by atoms with Crippen LogP contribution in [0.2, 0.25) is 0 Å². The number of carbonyl (C=O) groups is 2. The van der Waals surface area contributed by atoms with E-state index in [1.165, 1.54) is 167 Å². The second kappa shape index (κ2) is 47.3. The van der Waals surface area contributed by atoms with Crippen LogP contribution in [0.15, 0.2) is 24.3 Å². The molecule has 0 aromatic heterocycles. The van der Waals surface area contributed by atoms with Gasteiger partial charge < -0.3 is 28.7 Å². The second-order valence-electron chi connectivity index (χ2n) is 19.9. The Morgan fingerprint density at radius 3 is 0.954 bits per heavy atom. The smallest absolute Gasteiger partial charge is 0.219 e. The van der Waals surface area contributed by atoms with Gasteiger partial charge in [-0.3, -0.25) is 18.0 Å². The number of nitrogens with zero attached hydrogens (tertiary/aromatic N) is 2. The molecule has 0 spiro atoms. The molecule has 2 amide bonds. The summed E-state index contributed by atoms with van der Waals surface area (Å²) < 4.78 is 36.2. The fourth-order valence-electron chi connectivity index (χ4n) is 7.46. The van der Waals surface area contributed by atoms with E-state index in [0.717, 1.165) is 60.8 Å². The lowest BCUT2D eigenvalue weighted by molar-refractivity contribution is -0.911. The number of hydrogen-bond donors (Lipinski definition) is 2. The van der Waals surface area contributed by atoms with Gasteiger partial charge in [0.2, 0.25) is 11.8 Å². The molecule has 0 aliphatic rings. The van der Waals surface area contributed by atoms with E-state index in [0.29, 0.717) is 24.9 Å². The van der Waals surface area contributed by atoms with Crippen LogP contribution in [0.5, 0.6) is 0 Å². The standard InChI is InChI=1S/2C27H54N2O.H2O4S/c2*1-6-8-9-10-11-12-13-14-15-16-17-18-19-20-21-24-27(30)28-25-22-23-26(3)29(4,5)7-2;1-5(2,3)4/h2*14-15,26H,6-13,16-25H2,1-5H3;(H2,1,2,3,4)/b2*15-14-;. The van der Waals surface area contributed by atoms with E-state index in [-0.39, 0.29) is 11.8 Å². The van der Waals surface area contributed by atoms with Gasteiger partial charge >= 0.3 is 0 Å². The van der Waals surface area contributed by atoms with E-state index in [1.54, 1.807) is 0 Å². The largest absolute Gasteiger partial charge is 0.759 e. The summed E-state index contributed by atoms with van der Waals surface area (Å²) in [5.41, 5.74) is 0. The van der Waals surface area contributed by atoms with Crippen molar-refractivity contribution in [3.05, 3.63) is 24.3 Å². The Kier molecular flexibility index (Phi) is 49.1. The van der Waals surface area contributed by atoms with Crippen LogP contribution in [0.25, 0.3) is 0 Å². The molecule has 0 aliphatic carbocycles. The molecule has 388 valence electrons. The van der Waals surface area contributed by atoms with Gasteiger partial charge in [-0.05, 0) is 105 Å². The van der Waals surface area contributed by atoms with Gasteiger partial charge in [-0.2, -0.15) is 0 Å². The molecule has 0 saturated heterocycles. The van der Waals surface area contributed by atoms with Crippen molar-refractivity contribution < 1.29 is 36.1 Å². The molecule has 0 rings (SSSR count). The van der Waals surface area contributed by atoms with Crippen molar-refractivity contribution >= 4 is 22.2 Å². The van der Waals surface area contributed by atoms with Crippen molar-refractivity contribution in [2.75, 3.05) is 54.4 Å². The van der Waals surface area contributed by atoms with Gasteiger partial charge in [-0.1, -0.05) is 141 Å². The first-order valence-corrected chi connectivity index (χ1v) is 28.4. The molecule has 65 heavy (non-hydrogen) atoms. The Morgan fingerprint density at radius 1 is 0.446 bits per heavy atom. The number of unbranched alkanes of at least 4 members (excludes halogenated alkanes) is 22. The average molecular weight is 944 g/mol. The third kappa shape index (κ3) is 54.7. The zero-order valence-electron chi connectivity index (χ0n) is 44.7. The zero-order valence-corrected chi connectivity index (χ0v) is 45.5. The lowest BCUT2D eigenvalue weighted by Gasteiger charge is -2.35. The third-order valence-electron chi connectivity index (χ3n) is 13.6. The van der Waals surface area contributed by atoms with Crippen molar-refractivity contribution in [2.24, 2.45) is 0 Å². The van der Waals surface area contributed by atoms with Crippen LogP contribution in [-0.4, -0.2) is 105 Å². The molecule has 0 saturated carbocycles. The number of hydrogen-bond acceptors (Lipinski definition) is 6. The summed E-state index contributed by atoms with van der Waals surface area (Å²) in [7, 11) is 3.98. The monoisotopic (exact) mass is 943 g/mol. The molecular weight excluding hydrogens is 833 g/mol. The van der Waals surface area contributed by atoms with Crippen LogP contribution in [0.4, 0.5) is 0 Å². The minimum absolute atomic E-state index is 0.240. The number of amides is 2. The highest BCUT2D eigenvalue weighted by atomic mass is 32.3. The minimum atomic E-state index is -5.17. The number of nitrogens with one attached hydrogen (secondary N) is 2. The summed E-state index contributed by atoms with van der Waals surface area (Å²) >= 11 is 0. The second-order valence-corrected chi connectivity index (χ2v) is 20.8. The lowest BCUT2D eigenvalue weighted by Crippen LogP contribution is -2.47. The highest BCUT2D eigenvalue weighted by molar-refractivity contribution is 7.79. The maximum atomic E-state index is 12.0. The molecule has 0 fully saturated rings. The van der Waals surface area contributed by atoms with Crippen molar-refractivity contribution in [1.82, 2.24) is 10.6 Å². The predicted octanol–water partition coefficient (Wildman–Crippen LogP) is 13.5. The summed E-state index contributed by atoms with van der Waals surface area (Å²) in [6, 6.07) is 1.30. The van der Waals surface area contributed by atoms with E-state index in [1.807, 2.05) is 0 Å². The van der Waals surface area contributed by atoms with E-state index in [4.69, 9.17) is 17.5 Å². The molecule has 2 atom stereocenters. The normalized spacial score (nSPS) is 13.0. The van der Waals surface area contributed by atoms with Crippen LogP contribution in [0.1, 0.15) is 247 Å². The van der Waals surface area contributed by atoms with Crippen LogP contribution < -0.4 is 10.6 Å². The van der Waals surface area contributed by atoms with Crippen molar-refractivity contribution in [1.29, 1.82) is 0 Å². The maximum absolute atomic E-state index is 12.0. The summed E-state index contributed by atoms with van der Waals surface area (Å²) in [6.07, 6.45) is 49.2. The number of carbonyl (C=O) groups excluding carboxylic acids is 2. The Morgan fingerprint density at radius 2 is 0.692 bits per heavy atom. The Labute approximate surface area is 405 Å². The van der Waals surface area contributed by atoms with Crippen LogP contribution >= 0.6 is 0 Å². The Balaban J connectivity index is -0.00000107. The van der Waals surface area contributed by atoms with Gasteiger partial charge in [-0.25, -0.2) is 0 Å². The highest BCUT2D eigenvalue weighted by Crippen LogP contribution is 2.14. The van der Waals surface area contributed by atoms with Gasteiger partial charge in [0.05, 0.1) is 53.4 Å². The highest BCUT2D eigenvalue weighted by Gasteiger charge is 2.21. The van der Waals surface area contributed by atoms with Crippen LogP contribution in [0.3, 0.4) is 0 Å². The van der Waals surface area contributed by atoms with E-state index in [9.17, 15) is 9.59 Å². The van der Waals surface area contributed by atoms with Crippen LogP contribution in [0, 0.1) is 0 Å². The van der Waals surface area contributed by atoms with E-state index < -0.39 is 10.4 Å². The SMILES string of the molecule is CCCCCCCC/C=C\CCCCCCCC(=O)NCCCC(C)[N+](C)(C)CC.CCCCCCCC/C=C\CCCCCCCC(=O)NCCCC(C)[N+](C)(C)CC.O=S(=O)([O-])[O-]. The molecule has 0 bridgehead atoms. The molecule has 11 heteroatoms. The van der Waals surface area contributed by atoms with E-state index in [2.05, 4.69) is 105 Å². The zero-order chi connectivity index (χ0) is 49.5. The summed E-state index contributed by atoms with van der Waals surface area (Å²) in [6.45, 7) is 17.6. The first-order chi connectivity index (χ1) is 30.9. The fraction of sp³-hybridized carbons (Fsp3) is 0.889. The number of rotatable bonds is 42. The number of allylic oxidation sites excluding steroid dienone is 4. The fourth-order valence-corrected chi connectivity index (χ4v) is 7.46. The third-order valence-corrected chi connectivity index (χ3v) is 13.6. The van der Waals surface area contributed by atoms with Gasteiger partial charge in [0.15, 0.2) is 0 Å². The van der Waals surface area contributed by atoms with Gasteiger partial charge in [-0.15, -0.1) is 0 Å². The Hall–Kier alpha value is -1.79. The molecule has 0 radical (unpaired) electrons. The van der Waals surface area contributed by atoms with Gasteiger partial charge in [0, 0.05) is 49.2 Å². The molecule has 2 N–H and O–H groups in total. The van der Waals surface area contributed by atoms with Gasteiger partial charge in [0.25, 0.3) is 0 Å². The summed E-state index contributed by atoms with van der Waals surface area (Å²) in [4.78, 5) is 23.9. The van der Waals surface area contributed by atoms with Gasteiger partial charge in [0.1, 0.15) is 0 Å². The quantitative estimate of drug-likeness (QED) is 0.0205. The van der Waals surface area contributed by atoms with Crippen molar-refractivity contribution in [3.63, 3.8) is 0 Å². The average Bonchev–Trinajstić information content (AvgIpc) is 3.26. The number of quaternary nitrogens is 2. The molecular formula is C54H110N4O6S. The minimum Gasteiger partial charge on any atom is -0.759 e. The molecule has 0 aromatic carbocycles. The maximum Gasteiger partial charge on any atom is 0.219 e. The molecule has 0 aliphatic heterocycles. The van der Waals surface area contributed by atoms with Crippen molar-refractivity contribution in [3.8, 4) is 0 Å². The van der Waals surface area contributed by atoms with E-state index >= 15 is 0 Å².